The predicted molar refractivity (Wildman–Crippen MR) is 50.2 cm³/mol. The van der Waals surface area contributed by atoms with Crippen LogP contribution in [0.4, 0.5) is 0 Å². The van der Waals surface area contributed by atoms with Crippen molar-refractivity contribution in [2.75, 3.05) is 0 Å². The third-order valence-corrected chi connectivity index (χ3v) is 2.17. The molecule has 0 radical (unpaired) electrons. The number of rotatable bonds is 0. The van der Waals surface area contributed by atoms with Crippen LogP contribution in [-0.2, 0) is 7.05 Å². The summed E-state index contributed by atoms with van der Waals surface area (Å²) in [7, 11) is 1.98. The van der Waals surface area contributed by atoms with Crippen LogP contribution in [0.15, 0.2) is 18.3 Å². The molecule has 0 saturated heterocycles. The Balaban J connectivity index is 2.93. The molecular formula is C10H12N2. The van der Waals surface area contributed by atoms with Gasteiger partial charge in [0.1, 0.15) is 0 Å². The highest BCUT2D eigenvalue weighted by molar-refractivity contribution is 5.82. The largest absolute Gasteiger partial charge is 0.268 e. The smallest absolute Gasteiger partial charge is 0.0708 e. The SMILES string of the molecule is Cc1cc(C)c2c(cnn2C)c1. The first-order chi connectivity index (χ1) is 5.68. The lowest BCUT2D eigenvalue weighted by atomic mass is 10.1. The standard InChI is InChI=1S/C10H12N2/c1-7-4-8(2)10-9(5-7)6-11-12(10)3/h4-6H,1-3H3. The summed E-state index contributed by atoms with van der Waals surface area (Å²) in [6.45, 7) is 4.23. The van der Waals surface area contributed by atoms with Crippen LogP contribution in [0.1, 0.15) is 11.1 Å². The molecule has 2 aromatic rings. The van der Waals surface area contributed by atoms with E-state index in [0.717, 1.165) is 0 Å². The molecule has 0 aliphatic carbocycles. The highest BCUT2D eigenvalue weighted by atomic mass is 15.2. The summed E-state index contributed by atoms with van der Waals surface area (Å²) in [6, 6.07) is 4.35. The number of hydrogen-bond donors (Lipinski definition) is 0. The van der Waals surface area contributed by atoms with Gasteiger partial charge >= 0.3 is 0 Å². The van der Waals surface area contributed by atoms with Crippen LogP contribution in [-0.4, -0.2) is 9.78 Å². The Labute approximate surface area is 71.8 Å². The van der Waals surface area contributed by atoms with Crippen molar-refractivity contribution in [1.82, 2.24) is 9.78 Å². The minimum atomic E-state index is 1.23. The molecule has 0 N–H and O–H groups in total. The van der Waals surface area contributed by atoms with Crippen molar-refractivity contribution in [2.45, 2.75) is 13.8 Å². The molecule has 2 heteroatoms. The van der Waals surface area contributed by atoms with Crippen LogP contribution in [0, 0.1) is 13.8 Å². The number of benzene rings is 1. The lowest BCUT2D eigenvalue weighted by Crippen LogP contribution is -1.91. The Morgan fingerprint density at radius 1 is 1.25 bits per heavy atom. The van der Waals surface area contributed by atoms with Gasteiger partial charge in [0.05, 0.1) is 11.7 Å². The molecule has 0 fully saturated rings. The number of fused-ring (bicyclic) bond motifs is 1. The van der Waals surface area contributed by atoms with E-state index in [9.17, 15) is 0 Å². The molecule has 0 amide bonds. The van der Waals surface area contributed by atoms with Gasteiger partial charge < -0.3 is 0 Å². The molecule has 2 rings (SSSR count). The van der Waals surface area contributed by atoms with E-state index in [2.05, 4.69) is 31.1 Å². The molecule has 0 bridgehead atoms. The van der Waals surface area contributed by atoms with Gasteiger partial charge in [0.25, 0.3) is 0 Å². The van der Waals surface area contributed by atoms with Gasteiger partial charge in [-0.2, -0.15) is 5.10 Å². The van der Waals surface area contributed by atoms with Gasteiger partial charge in [0, 0.05) is 12.4 Å². The maximum atomic E-state index is 4.21. The van der Waals surface area contributed by atoms with Crippen molar-refractivity contribution in [3.05, 3.63) is 29.5 Å². The van der Waals surface area contributed by atoms with Crippen molar-refractivity contribution in [2.24, 2.45) is 7.05 Å². The summed E-state index contributed by atoms with van der Waals surface area (Å²) in [5.41, 5.74) is 3.83. The third kappa shape index (κ3) is 0.916. The second kappa shape index (κ2) is 2.34. The molecule has 1 aromatic heterocycles. The predicted octanol–water partition coefficient (Wildman–Crippen LogP) is 2.19. The summed E-state index contributed by atoms with van der Waals surface area (Å²) >= 11 is 0. The highest BCUT2D eigenvalue weighted by Crippen LogP contribution is 2.18. The van der Waals surface area contributed by atoms with E-state index < -0.39 is 0 Å². The quantitative estimate of drug-likeness (QED) is 0.577. The van der Waals surface area contributed by atoms with Crippen LogP contribution in [0.25, 0.3) is 10.9 Å². The first kappa shape index (κ1) is 7.35. The van der Waals surface area contributed by atoms with E-state index in [4.69, 9.17) is 0 Å². The van der Waals surface area contributed by atoms with E-state index in [1.54, 1.807) is 0 Å². The number of nitrogens with zero attached hydrogens (tertiary/aromatic N) is 2. The van der Waals surface area contributed by atoms with Crippen molar-refractivity contribution < 1.29 is 0 Å². The topological polar surface area (TPSA) is 17.8 Å². The zero-order chi connectivity index (χ0) is 8.72. The molecular weight excluding hydrogens is 148 g/mol. The summed E-state index contributed by atoms with van der Waals surface area (Å²) in [6.07, 6.45) is 1.91. The number of aryl methyl sites for hydroxylation is 3. The Hall–Kier alpha value is -1.31. The zero-order valence-electron chi connectivity index (χ0n) is 7.63. The summed E-state index contributed by atoms with van der Waals surface area (Å²) in [5.74, 6) is 0. The lowest BCUT2D eigenvalue weighted by molar-refractivity contribution is 0.794. The van der Waals surface area contributed by atoms with E-state index in [0.29, 0.717) is 0 Å². The van der Waals surface area contributed by atoms with Gasteiger partial charge in [-0.25, -0.2) is 0 Å². The van der Waals surface area contributed by atoms with Gasteiger partial charge in [-0.05, 0) is 25.5 Å². The van der Waals surface area contributed by atoms with Gasteiger partial charge in [-0.3, -0.25) is 4.68 Å². The average molecular weight is 160 g/mol. The Kier molecular flexibility index (Phi) is 1.43. The van der Waals surface area contributed by atoms with Gasteiger partial charge in [-0.1, -0.05) is 11.6 Å². The lowest BCUT2D eigenvalue weighted by Gasteiger charge is -2.00. The van der Waals surface area contributed by atoms with Crippen molar-refractivity contribution in [3.8, 4) is 0 Å². The second-order valence-electron chi connectivity index (χ2n) is 3.29. The fraction of sp³-hybridized carbons (Fsp3) is 0.300. The molecule has 1 aromatic carbocycles. The van der Waals surface area contributed by atoms with Crippen LogP contribution >= 0.6 is 0 Å². The van der Waals surface area contributed by atoms with Crippen molar-refractivity contribution in [1.29, 1.82) is 0 Å². The highest BCUT2D eigenvalue weighted by Gasteiger charge is 2.02. The van der Waals surface area contributed by atoms with Crippen molar-refractivity contribution >= 4 is 10.9 Å². The molecule has 1 heterocycles. The molecule has 0 aliphatic rings. The molecule has 0 atom stereocenters. The summed E-state index contributed by atoms with van der Waals surface area (Å²) in [4.78, 5) is 0. The van der Waals surface area contributed by atoms with Crippen LogP contribution in [0.2, 0.25) is 0 Å². The minimum Gasteiger partial charge on any atom is -0.268 e. The number of hydrogen-bond acceptors (Lipinski definition) is 1. The molecule has 2 nitrogen and oxygen atoms in total. The minimum absolute atomic E-state index is 1.23. The van der Waals surface area contributed by atoms with Crippen LogP contribution < -0.4 is 0 Å². The molecule has 0 aliphatic heterocycles. The maximum Gasteiger partial charge on any atom is 0.0708 e. The van der Waals surface area contributed by atoms with Gasteiger partial charge in [0.2, 0.25) is 0 Å². The number of aromatic nitrogens is 2. The maximum absolute atomic E-state index is 4.21. The van der Waals surface area contributed by atoms with Gasteiger partial charge in [0.15, 0.2) is 0 Å². The Morgan fingerprint density at radius 3 is 2.75 bits per heavy atom. The molecule has 0 unspecified atom stereocenters. The fourth-order valence-electron chi connectivity index (χ4n) is 1.74. The summed E-state index contributed by atoms with van der Waals surface area (Å²) < 4.78 is 1.92. The normalized spacial score (nSPS) is 10.9. The van der Waals surface area contributed by atoms with Gasteiger partial charge in [-0.15, -0.1) is 0 Å². The molecule has 0 spiro atoms. The molecule has 62 valence electrons. The fourth-order valence-corrected chi connectivity index (χ4v) is 1.74. The van der Waals surface area contributed by atoms with E-state index in [1.807, 2.05) is 17.9 Å². The van der Waals surface area contributed by atoms with Crippen LogP contribution in [0.5, 0.6) is 0 Å². The Bertz CT molecular complexity index is 427. The molecule has 0 saturated carbocycles. The zero-order valence-corrected chi connectivity index (χ0v) is 7.63. The Morgan fingerprint density at radius 2 is 2.00 bits per heavy atom. The van der Waals surface area contributed by atoms with E-state index in [1.165, 1.54) is 22.0 Å². The average Bonchev–Trinajstić information content (AvgIpc) is 2.31. The molecule has 12 heavy (non-hydrogen) atoms. The first-order valence-corrected chi connectivity index (χ1v) is 4.07. The van der Waals surface area contributed by atoms with Crippen LogP contribution in [0.3, 0.4) is 0 Å². The van der Waals surface area contributed by atoms with E-state index >= 15 is 0 Å². The second-order valence-corrected chi connectivity index (χ2v) is 3.29. The monoisotopic (exact) mass is 160 g/mol. The van der Waals surface area contributed by atoms with E-state index in [-0.39, 0.29) is 0 Å². The first-order valence-electron chi connectivity index (χ1n) is 4.07. The third-order valence-electron chi connectivity index (χ3n) is 2.17. The van der Waals surface area contributed by atoms with Crippen molar-refractivity contribution in [3.63, 3.8) is 0 Å². The summed E-state index contributed by atoms with van der Waals surface area (Å²) in [5, 5.41) is 5.45.